The van der Waals surface area contributed by atoms with Crippen LogP contribution in [0.25, 0.3) is 0 Å². The smallest absolute Gasteiger partial charge is 0.0594 e. The second-order valence-corrected chi connectivity index (χ2v) is 7.43. The molecule has 1 saturated heterocycles. The van der Waals surface area contributed by atoms with E-state index < -0.39 is 0 Å². The van der Waals surface area contributed by atoms with E-state index in [-0.39, 0.29) is 0 Å². The molecule has 0 aromatic carbocycles. The normalized spacial score (nSPS) is 16.8. The summed E-state index contributed by atoms with van der Waals surface area (Å²) >= 11 is 4.16. The summed E-state index contributed by atoms with van der Waals surface area (Å²) in [7, 11) is 0. The van der Waals surface area contributed by atoms with Crippen molar-refractivity contribution in [1.29, 1.82) is 0 Å². The Morgan fingerprint density at radius 2 is 1.32 bits per heavy atom. The van der Waals surface area contributed by atoms with Crippen molar-refractivity contribution in [3.05, 3.63) is 0 Å². The third-order valence-electron chi connectivity index (χ3n) is 4.26. The van der Waals surface area contributed by atoms with Crippen LogP contribution >= 0.6 is 12.6 Å². The third-order valence-corrected chi connectivity index (χ3v) is 4.48. The van der Waals surface area contributed by atoms with Gasteiger partial charge in [0, 0.05) is 64.7 Å². The fourth-order valence-corrected chi connectivity index (χ4v) is 2.87. The number of nitrogens with zero attached hydrogens (tertiary/aromatic N) is 2. The Hall–Kier alpha value is 0.110. The lowest BCUT2D eigenvalue weighted by molar-refractivity contribution is 0.0579. The van der Waals surface area contributed by atoms with Crippen LogP contribution in [-0.2, 0) is 9.47 Å². The lowest BCUT2D eigenvalue weighted by Crippen LogP contribution is -2.48. The van der Waals surface area contributed by atoms with Gasteiger partial charge in [0.25, 0.3) is 0 Å². The van der Waals surface area contributed by atoms with Gasteiger partial charge < -0.3 is 20.1 Å². The number of nitrogens with one attached hydrogen (secondary N) is 2. The molecule has 0 unspecified atom stereocenters. The summed E-state index contributed by atoms with van der Waals surface area (Å²) in [5, 5.41) is 6.69. The van der Waals surface area contributed by atoms with Crippen molar-refractivity contribution < 1.29 is 9.47 Å². The summed E-state index contributed by atoms with van der Waals surface area (Å²) < 4.78 is 11.4. The van der Waals surface area contributed by atoms with Gasteiger partial charge in [-0.15, -0.1) is 0 Å². The molecule has 2 N–H and O–H groups in total. The Morgan fingerprint density at radius 3 is 1.80 bits per heavy atom. The molecule has 0 amide bonds. The Labute approximate surface area is 160 Å². The molecule has 0 atom stereocenters. The van der Waals surface area contributed by atoms with Crippen molar-refractivity contribution in [1.82, 2.24) is 20.4 Å². The highest BCUT2D eigenvalue weighted by atomic mass is 32.1. The van der Waals surface area contributed by atoms with Crippen LogP contribution in [0.15, 0.2) is 0 Å². The van der Waals surface area contributed by atoms with Crippen molar-refractivity contribution in [2.24, 2.45) is 5.92 Å². The summed E-state index contributed by atoms with van der Waals surface area (Å²) in [4.78, 5) is 4.99. The fraction of sp³-hybridized carbons (Fsp3) is 1.00. The van der Waals surface area contributed by atoms with Crippen molar-refractivity contribution >= 4 is 12.6 Å². The topological polar surface area (TPSA) is 49.0 Å². The molecule has 1 rings (SSSR count). The van der Waals surface area contributed by atoms with Crippen LogP contribution in [0.1, 0.15) is 13.8 Å². The predicted octanol–water partition coefficient (Wildman–Crippen LogP) is 0.402. The predicted molar refractivity (Wildman–Crippen MR) is 109 cm³/mol. The number of rotatable bonds is 16. The van der Waals surface area contributed by atoms with Gasteiger partial charge in [0.15, 0.2) is 0 Å². The van der Waals surface area contributed by atoms with Crippen molar-refractivity contribution in [3.8, 4) is 0 Å². The molecule has 0 saturated carbocycles. The molecule has 0 aromatic heterocycles. The average molecular weight is 377 g/mol. The van der Waals surface area contributed by atoms with Gasteiger partial charge in [-0.2, -0.15) is 12.6 Å². The van der Waals surface area contributed by atoms with E-state index in [2.05, 4.69) is 46.9 Å². The first-order valence-corrected chi connectivity index (χ1v) is 10.5. The molecular weight excluding hydrogens is 336 g/mol. The summed E-state index contributed by atoms with van der Waals surface area (Å²) in [5.74, 6) is 1.58. The zero-order chi connectivity index (χ0) is 18.2. The molecule has 1 fully saturated rings. The molecule has 6 nitrogen and oxygen atoms in total. The highest BCUT2D eigenvalue weighted by Crippen LogP contribution is 2.01. The van der Waals surface area contributed by atoms with Crippen LogP contribution in [0.4, 0.5) is 0 Å². The first-order chi connectivity index (χ1) is 12.2. The maximum absolute atomic E-state index is 5.72. The molecule has 7 heteroatoms. The summed E-state index contributed by atoms with van der Waals surface area (Å²) in [5.41, 5.74) is 0. The van der Waals surface area contributed by atoms with Gasteiger partial charge in [0.2, 0.25) is 0 Å². The molecular formula is C18H40N4O2S. The largest absolute Gasteiger partial charge is 0.379 e. The Balaban J connectivity index is 1.86. The van der Waals surface area contributed by atoms with Crippen molar-refractivity contribution in [3.63, 3.8) is 0 Å². The quantitative estimate of drug-likeness (QED) is 0.268. The minimum absolute atomic E-state index is 0.705. The molecule has 25 heavy (non-hydrogen) atoms. The molecule has 0 aliphatic carbocycles. The Morgan fingerprint density at radius 1 is 0.800 bits per heavy atom. The van der Waals surface area contributed by atoms with Crippen LogP contribution in [0, 0.1) is 5.92 Å². The van der Waals surface area contributed by atoms with Gasteiger partial charge >= 0.3 is 0 Å². The van der Waals surface area contributed by atoms with Gasteiger partial charge in [0.1, 0.15) is 0 Å². The van der Waals surface area contributed by atoms with Crippen LogP contribution < -0.4 is 10.6 Å². The van der Waals surface area contributed by atoms with Gasteiger partial charge in [-0.3, -0.25) is 9.80 Å². The van der Waals surface area contributed by atoms with Crippen LogP contribution in [0.2, 0.25) is 0 Å². The van der Waals surface area contributed by atoms with Crippen LogP contribution in [-0.4, -0.2) is 107 Å². The first-order valence-electron chi connectivity index (χ1n) is 9.85. The van der Waals surface area contributed by atoms with E-state index in [1.54, 1.807) is 0 Å². The second kappa shape index (κ2) is 16.3. The second-order valence-electron chi connectivity index (χ2n) is 6.98. The molecule has 0 bridgehead atoms. The van der Waals surface area contributed by atoms with E-state index >= 15 is 0 Å². The van der Waals surface area contributed by atoms with Crippen LogP contribution in [0.5, 0.6) is 0 Å². The minimum atomic E-state index is 0.705. The van der Waals surface area contributed by atoms with E-state index in [0.717, 1.165) is 97.6 Å². The highest BCUT2D eigenvalue weighted by molar-refractivity contribution is 7.80. The SMILES string of the molecule is CC(C)CNCCOCCN1CCN(CCOCCNCCS)CC1. The lowest BCUT2D eigenvalue weighted by Gasteiger charge is -2.34. The number of piperazine rings is 1. The number of thiol groups is 1. The van der Waals surface area contributed by atoms with Gasteiger partial charge in [-0.1, -0.05) is 13.8 Å². The number of ether oxygens (including phenoxy) is 2. The average Bonchev–Trinajstić information content (AvgIpc) is 2.61. The third kappa shape index (κ3) is 13.9. The molecule has 1 aliphatic heterocycles. The minimum Gasteiger partial charge on any atom is -0.379 e. The molecule has 0 radical (unpaired) electrons. The maximum Gasteiger partial charge on any atom is 0.0594 e. The molecule has 0 aromatic rings. The monoisotopic (exact) mass is 376 g/mol. The van der Waals surface area contributed by atoms with E-state index in [1.165, 1.54) is 0 Å². The first kappa shape index (κ1) is 23.1. The number of hydrogen-bond acceptors (Lipinski definition) is 7. The molecule has 1 heterocycles. The van der Waals surface area contributed by atoms with Crippen molar-refractivity contribution in [2.75, 3.05) is 97.6 Å². The summed E-state index contributed by atoms with van der Waals surface area (Å²) in [6, 6.07) is 0. The molecule has 150 valence electrons. The maximum atomic E-state index is 5.72. The zero-order valence-electron chi connectivity index (χ0n) is 16.3. The lowest BCUT2D eigenvalue weighted by atomic mass is 10.2. The zero-order valence-corrected chi connectivity index (χ0v) is 17.2. The molecule has 0 spiro atoms. The van der Waals surface area contributed by atoms with Crippen LogP contribution in [0.3, 0.4) is 0 Å². The standard InChI is InChI=1S/C18H40N4O2S/c1-18(2)17-20-4-13-24-15-11-22-8-6-21(7-9-22)10-14-23-12-3-19-5-16-25/h18-20,25H,3-17H2,1-2H3. The van der Waals surface area contributed by atoms with E-state index in [4.69, 9.17) is 9.47 Å². The highest BCUT2D eigenvalue weighted by Gasteiger charge is 2.15. The van der Waals surface area contributed by atoms with E-state index in [9.17, 15) is 0 Å². The summed E-state index contributed by atoms with van der Waals surface area (Å²) in [6.45, 7) is 18.2. The molecule has 1 aliphatic rings. The van der Waals surface area contributed by atoms with Gasteiger partial charge in [-0.25, -0.2) is 0 Å². The number of hydrogen-bond donors (Lipinski definition) is 3. The fourth-order valence-electron chi connectivity index (χ4n) is 2.71. The Kier molecular flexibility index (Phi) is 15.1. The van der Waals surface area contributed by atoms with E-state index in [1.807, 2.05) is 0 Å². The van der Waals surface area contributed by atoms with E-state index in [0.29, 0.717) is 5.92 Å². The summed E-state index contributed by atoms with van der Waals surface area (Å²) in [6.07, 6.45) is 0. The Bertz CT molecular complexity index is 290. The van der Waals surface area contributed by atoms with Gasteiger partial charge in [-0.05, 0) is 12.5 Å². The van der Waals surface area contributed by atoms with Gasteiger partial charge in [0.05, 0.1) is 26.4 Å². The van der Waals surface area contributed by atoms with Crippen molar-refractivity contribution in [2.45, 2.75) is 13.8 Å².